The van der Waals surface area contributed by atoms with Gasteiger partial charge in [0.15, 0.2) is 4.80 Å². The number of benzene rings is 2. The van der Waals surface area contributed by atoms with Crippen LogP contribution >= 0.6 is 11.3 Å². The summed E-state index contributed by atoms with van der Waals surface area (Å²) in [4.78, 5) is 27.9. The molecule has 0 bridgehead atoms. The highest BCUT2D eigenvalue weighted by molar-refractivity contribution is 7.16. The Kier molecular flexibility index (Phi) is 4.76. The van der Waals surface area contributed by atoms with Crippen LogP contribution in [0.2, 0.25) is 0 Å². The fourth-order valence-electron chi connectivity index (χ4n) is 2.83. The van der Waals surface area contributed by atoms with E-state index in [1.807, 2.05) is 23.6 Å². The van der Waals surface area contributed by atoms with Crippen molar-refractivity contribution in [2.24, 2.45) is 4.99 Å². The molecule has 0 aliphatic heterocycles. The standard InChI is InChI=1S/C18H17N3O3S/c1-3-12-8-7-11-15-16(12)20(4-2)18(25-15)19-17(22)13-9-5-6-10-14(13)21(23)24/h5-11H,3-4H2,1-2H3. The quantitative estimate of drug-likeness (QED) is 0.525. The lowest BCUT2D eigenvalue weighted by atomic mass is 10.1. The summed E-state index contributed by atoms with van der Waals surface area (Å²) in [5, 5.41) is 11.1. The number of hydrogen-bond donors (Lipinski definition) is 0. The largest absolute Gasteiger partial charge is 0.316 e. The second-order valence-electron chi connectivity index (χ2n) is 5.44. The van der Waals surface area contributed by atoms with Gasteiger partial charge in [-0.15, -0.1) is 0 Å². The number of nitro groups is 1. The van der Waals surface area contributed by atoms with Crippen molar-refractivity contribution in [1.82, 2.24) is 4.57 Å². The van der Waals surface area contributed by atoms with Crippen LogP contribution in [0.25, 0.3) is 10.2 Å². The molecular weight excluding hydrogens is 338 g/mol. The number of fused-ring (bicyclic) bond motifs is 1. The number of thiazole rings is 1. The summed E-state index contributed by atoms with van der Waals surface area (Å²) in [6.45, 7) is 4.74. The second-order valence-corrected chi connectivity index (χ2v) is 6.45. The van der Waals surface area contributed by atoms with E-state index in [0.29, 0.717) is 11.3 Å². The maximum absolute atomic E-state index is 12.6. The van der Waals surface area contributed by atoms with Crippen LogP contribution in [-0.2, 0) is 13.0 Å². The van der Waals surface area contributed by atoms with Crippen molar-refractivity contribution in [1.29, 1.82) is 0 Å². The van der Waals surface area contributed by atoms with Crippen LogP contribution in [0.4, 0.5) is 5.69 Å². The number of amides is 1. The van der Waals surface area contributed by atoms with Gasteiger partial charge in [-0.25, -0.2) is 0 Å². The number of para-hydroxylation sites is 2. The first-order valence-corrected chi connectivity index (χ1v) is 8.82. The Bertz CT molecular complexity index is 1030. The Labute approximate surface area is 148 Å². The summed E-state index contributed by atoms with van der Waals surface area (Å²) < 4.78 is 3.04. The number of rotatable bonds is 4. The predicted octanol–water partition coefficient (Wildman–Crippen LogP) is 3.93. The van der Waals surface area contributed by atoms with Gasteiger partial charge in [0.25, 0.3) is 11.6 Å². The first-order valence-electron chi connectivity index (χ1n) is 8.00. The molecule has 0 atom stereocenters. The Morgan fingerprint density at radius 3 is 2.64 bits per heavy atom. The van der Waals surface area contributed by atoms with Gasteiger partial charge in [0.05, 0.1) is 15.1 Å². The highest BCUT2D eigenvalue weighted by Crippen LogP contribution is 2.23. The first-order chi connectivity index (χ1) is 12.1. The molecule has 0 saturated heterocycles. The molecular formula is C18H17N3O3S. The molecule has 3 rings (SSSR count). The number of aryl methyl sites for hydroxylation is 2. The van der Waals surface area contributed by atoms with Gasteiger partial charge in [0.2, 0.25) is 0 Å². The van der Waals surface area contributed by atoms with Crippen molar-refractivity contribution in [2.45, 2.75) is 26.8 Å². The van der Waals surface area contributed by atoms with Crippen molar-refractivity contribution in [2.75, 3.05) is 0 Å². The van der Waals surface area contributed by atoms with E-state index in [4.69, 9.17) is 0 Å². The third-order valence-electron chi connectivity index (χ3n) is 4.01. The summed E-state index contributed by atoms with van der Waals surface area (Å²) in [5.41, 5.74) is 2.04. The summed E-state index contributed by atoms with van der Waals surface area (Å²) >= 11 is 1.42. The van der Waals surface area contributed by atoms with Gasteiger partial charge in [-0.05, 0) is 31.0 Å². The number of aromatic nitrogens is 1. The van der Waals surface area contributed by atoms with Gasteiger partial charge in [0.1, 0.15) is 5.56 Å². The predicted molar refractivity (Wildman–Crippen MR) is 97.9 cm³/mol. The molecule has 0 N–H and O–H groups in total. The van der Waals surface area contributed by atoms with E-state index in [1.165, 1.54) is 35.1 Å². The van der Waals surface area contributed by atoms with Crippen LogP contribution in [0, 0.1) is 10.1 Å². The lowest BCUT2D eigenvalue weighted by Crippen LogP contribution is -2.17. The Morgan fingerprint density at radius 2 is 1.96 bits per heavy atom. The number of hydrogen-bond acceptors (Lipinski definition) is 4. The molecule has 1 heterocycles. The van der Waals surface area contributed by atoms with E-state index < -0.39 is 10.8 Å². The van der Waals surface area contributed by atoms with Gasteiger partial charge in [-0.1, -0.05) is 42.5 Å². The number of nitro benzene ring substituents is 1. The van der Waals surface area contributed by atoms with Crippen molar-refractivity contribution < 1.29 is 9.72 Å². The monoisotopic (exact) mass is 355 g/mol. The minimum absolute atomic E-state index is 0.00308. The minimum Gasteiger partial charge on any atom is -0.316 e. The number of carbonyl (C=O) groups is 1. The molecule has 1 amide bonds. The molecule has 0 spiro atoms. The van der Waals surface area contributed by atoms with Crippen molar-refractivity contribution >= 4 is 33.1 Å². The first kappa shape index (κ1) is 17.0. The van der Waals surface area contributed by atoms with Gasteiger partial charge in [-0.2, -0.15) is 4.99 Å². The van der Waals surface area contributed by atoms with Gasteiger partial charge in [-0.3, -0.25) is 14.9 Å². The van der Waals surface area contributed by atoms with Crippen LogP contribution in [-0.4, -0.2) is 15.4 Å². The van der Waals surface area contributed by atoms with Crippen LogP contribution < -0.4 is 4.80 Å². The summed E-state index contributed by atoms with van der Waals surface area (Å²) in [5.74, 6) is -0.598. The SMILES string of the molecule is CCc1cccc2sc(=NC(=O)c3ccccc3[N+](=O)[O-])n(CC)c12. The van der Waals surface area contributed by atoms with E-state index in [2.05, 4.69) is 18.0 Å². The highest BCUT2D eigenvalue weighted by atomic mass is 32.1. The minimum atomic E-state index is -0.598. The normalized spacial score (nSPS) is 11.8. The fraction of sp³-hybridized carbons (Fsp3) is 0.222. The van der Waals surface area contributed by atoms with Gasteiger partial charge in [0, 0.05) is 12.6 Å². The van der Waals surface area contributed by atoms with E-state index in [1.54, 1.807) is 6.07 Å². The molecule has 128 valence electrons. The zero-order chi connectivity index (χ0) is 18.0. The zero-order valence-corrected chi connectivity index (χ0v) is 14.7. The fourth-order valence-corrected chi connectivity index (χ4v) is 3.97. The summed E-state index contributed by atoms with van der Waals surface area (Å²) in [6, 6.07) is 11.9. The van der Waals surface area contributed by atoms with Crippen molar-refractivity contribution in [3.63, 3.8) is 0 Å². The molecule has 0 saturated carbocycles. The third-order valence-corrected chi connectivity index (χ3v) is 5.05. The maximum Gasteiger partial charge on any atom is 0.286 e. The van der Waals surface area contributed by atoms with Crippen LogP contribution in [0.3, 0.4) is 0 Å². The Morgan fingerprint density at radius 1 is 1.20 bits per heavy atom. The highest BCUT2D eigenvalue weighted by Gasteiger charge is 2.19. The van der Waals surface area contributed by atoms with E-state index in [0.717, 1.165) is 16.6 Å². The molecule has 6 nitrogen and oxygen atoms in total. The molecule has 0 aliphatic rings. The number of carbonyl (C=O) groups excluding carboxylic acids is 1. The Hall–Kier alpha value is -2.80. The molecule has 0 aliphatic carbocycles. The lowest BCUT2D eigenvalue weighted by molar-refractivity contribution is -0.385. The molecule has 3 aromatic rings. The lowest BCUT2D eigenvalue weighted by Gasteiger charge is -2.05. The third kappa shape index (κ3) is 3.10. The average molecular weight is 355 g/mol. The van der Waals surface area contributed by atoms with Gasteiger partial charge >= 0.3 is 0 Å². The molecule has 0 radical (unpaired) electrons. The zero-order valence-electron chi connectivity index (χ0n) is 13.9. The molecule has 0 unspecified atom stereocenters. The summed E-state index contributed by atoms with van der Waals surface area (Å²) in [6.07, 6.45) is 0.881. The molecule has 7 heteroatoms. The van der Waals surface area contributed by atoms with Crippen molar-refractivity contribution in [3.05, 3.63) is 68.5 Å². The number of nitrogens with zero attached hydrogens (tertiary/aromatic N) is 3. The molecule has 25 heavy (non-hydrogen) atoms. The topological polar surface area (TPSA) is 77.5 Å². The van der Waals surface area contributed by atoms with Crippen molar-refractivity contribution in [3.8, 4) is 0 Å². The average Bonchev–Trinajstić information content (AvgIpc) is 2.98. The van der Waals surface area contributed by atoms with Crippen LogP contribution in [0.1, 0.15) is 29.8 Å². The van der Waals surface area contributed by atoms with Crippen LogP contribution in [0.5, 0.6) is 0 Å². The van der Waals surface area contributed by atoms with E-state index >= 15 is 0 Å². The smallest absolute Gasteiger partial charge is 0.286 e. The van der Waals surface area contributed by atoms with E-state index in [-0.39, 0.29) is 11.3 Å². The van der Waals surface area contributed by atoms with E-state index in [9.17, 15) is 14.9 Å². The van der Waals surface area contributed by atoms with Crippen LogP contribution in [0.15, 0.2) is 47.5 Å². The molecule has 1 aromatic heterocycles. The summed E-state index contributed by atoms with van der Waals surface area (Å²) in [7, 11) is 0. The molecule has 0 fully saturated rings. The second kappa shape index (κ2) is 6.98. The molecule has 2 aromatic carbocycles. The maximum atomic E-state index is 12.6. The van der Waals surface area contributed by atoms with Gasteiger partial charge < -0.3 is 4.57 Å². The Balaban J connectivity index is 2.20.